The number of aliphatic hydroxyl groups is 1. The fourth-order valence-electron chi connectivity index (χ4n) is 6.31. The number of rotatable bonds is 8. The molecule has 1 saturated heterocycles. The summed E-state index contributed by atoms with van der Waals surface area (Å²) in [5.41, 5.74) is 1.16. The topological polar surface area (TPSA) is 201 Å². The number of oxazole rings is 1. The van der Waals surface area contributed by atoms with Crippen LogP contribution in [0.4, 0.5) is 0 Å². The van der Waals surface area contributed by atoms with Crippen molar-refractivity contribution in [3.8, 4) is 11.5 Å². The highest BCUT2D eigenvalue weighted by Gasteiger charge is 2.33. The molecule has 5 amide bonds. The minimum absolute atomic E-state index is 0.0586. The lowest BCUT2D eigenvalue weighted by Gasteiger charge is -2.32. The van der Waals surface area contributed by atoms with Gasteiger partial charge in [-0.25, -0.2) is 4.98 Å². The summed E-state index contributed by atoms with van der Waals surface area (Å²) >= 11 is 0. The second kappa shape index (κ2) is 17.7. The Morgan fingerprint density at radius 2 is 1.67 bits per heavy atom. The zero-order valence-electron chi connectivity index (χ0n) is 29.6. The number of nitrogens with zero attached hydrogens (tertiary/aromatic N) is 2. The zero-order chi connectivity index (χ0) is 37.2. The summed E-state index contributed by atoms with van der Waals surface area (Å²) in [6.45, 7) is 2.31. The van der Waals surface area contributed by atoms with Gasteiger partial charge in [-0.2, -0.15) is 0 Å². The molecule has 0 saturated carbocycles. The first-order valence-electron chi connectivity index (χ1n) is 17.4. The zero-order valence-corrected chi connectivity index (χ0v) is 29.6. The van der Waals surface area contributed by atoms with Crippen LogP contribution in [0.15, 0.2) is 59.2 Å². The van der Waals surface area contributed by atoms with Gasteiger partial charge in [0.05, 0.1) is 20.3 Å². The minimum Gasteiger partial charge on any atom is -0.497 e. The maximum atomic E-state index is 13.9. The van der Waals surface area contributed by atoms with Crippen LogP contribution in [0.3, 0.4) is 0 Å². The molecule has 0 unspecified atom stereocenters. The van der Waals surface area contributed by atoms with Crippen LogP contribution in [0.1, 0.15) is 77.4 Å². The Morgan fingerprint density at radius 1 is 0.981 bits per heavy atom. The van der Waals surface area contributed by atoms with E-state index in [2.05, 4.69) is 26.3 Å². The normalized spacial score (nSPS) is 21.3. The first-order chi connectivity index (χ1) is 25.1. The molecule has 52 heavy (non-hydrogen) atoms. The van der Waals surface area contributed by atoms with Crippen molar-refractivity contribution in [2.45, 2.75) is 69.7 Å². The summed E-state index contributed by atoms with van der Waals surface area (Å²) in [7, 11) is 3.03. The number of aliphatic hydroxyl groups excluding tert-OH is 1. The molecular formula is C37H46N6O9. The number of hydrogen-bond acceptors (Lipinski definition) is 10. The number of amides is 5. The summed E-state index contributed by atoms with van der Waals surface area (Å²) in [6.07, 6.45) is 2.24. The molecule has 2 aliphatic heterocycles. The predicted octanol–water partition coefficient (Wildman–Crippen LogP) is 1.91. The van der Waals surface area contributed by atoms with Crippen LogP contribution in [0.5, 0.6) is 11.5 Å². The van der Waals surface area contributed by atoms with Crippen LogP contribution in [-0.2, 0) is 20.8 Å². The molecule has 1 fully saturated rings. The molecule has 15 heteroatoms. The van der Waals surface area contributed by atoms with Crippen LogP contribution in [0.2, 0.25) is 0 Å². The van der Waals surface area contributed by atoms with E-state index in [1.165, 1.54) is 21.1 Å². The third-order valence-corrected chi connectivity index (χ3v) is 9.31. The van der Waals surface area contributed by atoms with Crippen molar-refractivity contribution in [2.24, 2.45) is 5.92 Å². The highest BCUT2D eigenvalue weighted by molar-refractivity contribution is 5.96. The third-order valence-electron chi connectivity index (χ3n) is 9.31. The lowest BCUT2D eigenvalue weighted by molar-refractivity contribution is -0.132. The van der Waals surface area contributed by atoms with Gasteiger partial charge in [0.2, 0.25) is 23.6 Å². The van der Waals surface area contributed by atoms with E-state index in [1.54, 1.807) is 23.1 Å². The first kappa shape index (κ1) is 37.8. The highest BCUT2D eigenvalue weighted by atomic mass is 16.5. The van der Waals surface area contributed by atoms with Crippen molar-refractivity contribution in [1.82, 2.24) is 31.2 Å². The Morgan fingerprint density at radius 3 is 2.33 bits per heavy atom. The fourth-order valence-corrected chi connectivity index (χ4v) is 6.31. The SMILES string of the molecule is COc1cc(OC)cc(C(=O)N2CCC(C(=O)N[C@H]3CCCCNC(=O)[C@H]([C@@H](C)O)NC(=O)c4coc(n4)[C@H](Cc4ccccc4)NC3=O)CC2)c1. The van der Waals surface area contributed by atoms with Crippen LogP contribution < -0.4 is 30.7 Å². The fraction of sp³-hybridized carbons (Fsp3) is 0.459. The number of piperidine rings is 1. The van der Waals surface area contributed by atoms with Gasteiger partial charge in [-0.05, 0) is 56.7 Å². The number of likely N-dealkylation sites (tertiary alicyclic amines) is 1. The predicted molar refractivity (Wildman–Crippen MR) is 187 cm³/mol. The van der Waals surface area contributed by atoms with Crippen molar-refractivity contribution in [3.63, 3.8) is 0 Å². The number of aromatic nitrogens is 1. The summed E-state index contributed by atoms with van der Waals surface area (Å²) in [5.74, 6) is -1.63. The van der Waals surface area contributed by atoms with Gasteiger partial charge in [0, 0.05) is 43.6 Å². The van der Waals surface area contributed by atoms with Crippen LogP contribution in [-0.4, -0.2) is 96.6 Å². The van der Waals surface area contributed by atoms with Gasteiger partial charge in [0.15, 0.2) is 5.69 Å². The van der Waals surface area contributed by atoms with Gasteiger partial charge >= 0.3 is 0 Å². The Kier molecular flexibility index (Phi) is 12.8. The van der Waals surface area contributed by atoms with Crippen molar-refractivity contribution in [1.29, 1.82) is 0 Å². The molecule has 0 aliphatic carbocycles. The second-order valence-electron chi connectivity index (χ2n) is 13.0. The van der Waals surface area contributed by atoms with Crippen molar-refractivity contribution in [2.75, 3.05) is 33.9 Å². The first-order valence-corrected chi connectivity index (χ1v) is 17.4. The molecule has 0 spiro atoms. The Bertz CT molecular complexity index is 1700. The molecule has 0 radical (unpaired) electrons. The molecule has 2 aromatic carbocycles. The monoisotopic (exact) mass is 718 g/mol. The Labute approximate surface area is 301 Å². The van der Waals surface area contributed by atoms with E-state index in [1.807, 2.05) is 30.3 Å². The molecule has 2 bridgehead atoms. The molecule has 2 aliphatic rings. The summed E-state index contributed by atoms with van der Waals surface area (Å²) in [5, 5.41) is 21.4. The van der Waals surface area contributed by atoms with E-state index in [4.69, 9.17) is 13.9 Å². The Balaban J connectivity index is 1.31. The smallest absolute Gasteiger partial charge is 0.273 e. The number of carbonyl (C=O) groups is 5. The van der Waals surface area contributed by atoms with E-state index < -0.39 is 47.9 Å². The van der Waals surface area contributed by atoms with Crippen LogP contribution in [0.25, 0.3) is 0 Å². The molecular weight excluding hydrogens is 672 g/mol. The third kappa shape index (κ3) is 9.66. The van der Waals surface area contributed by atoms with Gasteiger partial charge < -0.3 is 45.2 Å². The quantitative estimate of drug-likeness (QED) is 0.229. The molecule has 278 valence electrons. The van der Waals surface area contributed by atoms with Crippen molar-refractivity contribution in [3.05, 3.63) is 77.5 Å². The number of benzene rings is 2. The van der Waals surface area contributed by atoms with E-state index in [0.717, 1.165) is 11.8 Å². The van der Waals surface area contributed by atoms with E-state index in [0.29, 0.717) is 55.8 Å². The van der Waals surface area contributed by atoms with E-state index >= 15 is 0 Å². The summed E-state index contributed by atoms with van der Waals surface area (Å²) < 4.78 is 16.3. The van der Waals surface area contributed by atoms with E-state index in [9.17, 15) is 29.1 Å². The number of fused-ring (bicyclic) bond motifs is 2. The molecule has 5 N–H and O–H groups in total. The standard InChI is InChI=1S/C37H46N6O9/c1-22(44)31-35(48)38-14-8-7-11-28(33(46)40-29(17-23-9-5-4-6-10-23)36-41-30(21-52-36)34(47)42-31)39-32(45)24-12-15-43(16-13-24)37(49)25-18-26(50-2)20-27(19-25)51-3/h4-6,9-10,18-22,24,28-29,31,44H,7-8,11-17H2,1-3H3,(H,38,48)(H,39,45)(H,40,46)(H,42,47)/t22-,28+,29+,31+/m1/s1. The number of ether oxygens (including phenoxy) is 2. The van der Waals surface area contributed by atoms with Crippen LogP contribution in [0, 0.1) is 5.92 Å². The summed E-state index contributed by atoms with van der Waals surface area (Å²) in [6, 6.07) is 11.4. The largest absolute Gasteiger partial charge is 0.497 e. The minimum atomic E-state index is -1.23. The lowest BCUT2D eigenvalue weighted by atomic mass is 9.94. The van der Waals surface area contributed by atoms with Gasteiger partial charge in [0.1, 0.15) is 35.9 Å². The van der Waals surface area contributed by atoms with Crippen molar-refractivity contribution < 1.29 is 43.0 Å². The number of carbonyl (C=O) groups excluding carboxylic acids is 5. The molecule has 3 heterocycles. The molecule has 5 rings (SSSR count). The number of nitrogens with one attached hydrogen (secondary N) is 4. The van der Waals surface area contributed by atoms with Gasteiger partial charge in [0.25, 0.3) is 11.8 Å². The maximum Gasteiger partial charge on any atom is 0.273 e. The number of methoxy groups -OCH3 is 2. The van der Waals surface area contributed by atoms with Crippen molar-refractivity contribution >= 4 is 29.5 Å². The maximum absolute atomic E-state index is 13.9. The molecule has 4 atom stereocenters. The average Bonchev–Trinajstić information content (AvgIpc) is 3.66. The number of hydrogen-bond donors (Lipinski definition) is 5. The average molecular weight is 719 g/mol. The second-order valence-corrected chi connectivity index (χ2v) is 13.0. The molecule has 3 aromatic rings. The lowest BCUT2D eigenvalue weighted by Crippen LogP contribution is -2.53. The summed E-state index contributed by atoms with van der Waals surface area (Å²) in [4.78, 5) is 72.8. The Hall–Kier alpha value is -5.44. The highest BCUT2D eigenvalue weighted by Crippen LogP contribution is 2.26. The van der Waals surface area contributed by atoms with Crippen LogP contribution >= 0.6 is 0 Å². The van der Waals surface area contributed by atoms with Gasteiger partial charge in [-0.15, -0.1) is 0 Å². The van der Waals surface area contributed by atoms with Gasteiger partial charge in [-0.3, -0.25) is 24.0 Å². The van der Waals surface area contributed by atoms with Gasteiger partial charge in [-0.1, -0.05) is 30.3 Å². The molecule has 1 aromatic heterocycles. The molecule has 15 nitrogen and oxygen atoms in total. The van der Waals surface area contributed by atoms with E-state index in [-0.39, 0.29) is 42.8 Å².